The summed E-state index contributed by atoms with van der Waals surface area (Å²) in [5.41, 5.74) is 4.53. The van der Waals surface area contributed by atoms with Gasteiger partial charge in [0.1, 0.15) is 6.10 Å². The summed E-state index contributed by atoms with van der Waals surface area (Å²) in [5, 5.41) is 0. The standard InChI is InChI=1S/C31H37NO2/c1-24(2)25-15-17-26(18-16-25)30(33)14-9-21-32-22-19-29(20-23-32)34-31(27-10-5-3-6-11-27)28-12-7-4-8-13-28/h3-8,10-13,15-18,24,29,31H,9,14,19-23H2,1-2H3. The number of Topliss-reactive ketones (excluding diaryl/α,β-unsaturated/α-hetero) is 1. The number of hydrogen-bond acceptors (Lipinski definition) is 3. The predicted octanol–water partition coefficient (Wildman–Crippen LogP) is 7.04. The van der Waals surface area contributed by atoms with Crippen molar-refractivity contribution < 1.29 is 9.53 Å². The fourth-order valence-corrected chi connectivity index (χ4v) is 4.73. The first-order valence-corrected chi connectivity index (χ1v) is 12.7. The maximum Gasteiger partial charge on any atom is 0.162 e. The third kappa shape index (κ3) is 6.65. The molecule has 34 heavy (non-hydrogen) atoms. The van der Waals surface area contributed by atoms with Crippen LogP contribution in [-0.2, 0) is 4.74 Å². The van der Waals surface area contributed by atoms with Crippen LogP contribution in [0.1, 0.15) is 78.6 Å². The van der Waals surface area contributed by atoms with Crippen molar-refractivity contribution in [1.82, 2.24) is 4.90 Å². The Morgan fingerprint density at radius 3 is 1.91 bits per heavy atom. The molecule has 0 aromatic heterocycles. The zero-order chi connectivity index (χ0) is 23.8. The first kappa shape index (κ1) is 24.4. The summed E-state index contributed by atoms with van der Waals surface area (Å²) < 4.78 is 6.66. The maximum absolute atomic E-state index is 12.6. The molecular weight excluding hydrogens is 418 g/mol. The molecule has 1 saturated heterocycles. The van der Waals surface area contributed by atoms with E-state index in [-0.39, 0.29) is 18.0 Å². The molecule has 0 N–H and O–H groups in total. The van der Waals surface area contributed by atoms with Gasteiger partial charge in [-0.2, -0.15) is 0 Å². The van der Waals surface area contributed by atoms with E-state index in [1.54, 1.807) is 0 Å². The van der Waals surface area contributed by atoms with Gasteiger partial charge >= 0.3 is 0 Å². The molecule has 0 saturated carbocycles. The molecule has 0 aliphatic carbocycles. The molecule has 4 rings (SSSR count). The summed E-state index contributed by atoms with van der Waals surface area (Å²) >= 11 is 0. The molecule has 3 heteroatoms. The van der Waals surface area contributed by atoms with Gasteiger partial charge in [0.25, 0.3) is 0 Å². The Morgan fingerprint density at radius 2 is 1.38 bits per heavy atom. The van der Waals surface area contributed by atoms with Crippen LogP contribution < -0.4 is 0 Å². The number of carbonyl (C=O) groups excluding carboxylic acids is 1. The third-order valence-corrected chi connectivity index (χ3v) is 6.85. The highest BCUT2D eigenvalue weighted by atomic mass is 16.5. The van der Waals surface area contributed by atoms with Crippen LogP contribution in [0.5, 0.6) is 0 Å². The first-order chi connectivity index (χ1) is 16.6. The van der Waals surface area contributed by atoms with Crippen molar-refractivity contribution in [1.29, 1.82) is 0 Å². The lowest BCUT2D eigenvalue weighted by molar-refractivity contribution is -0.0270. The Balaban J connectivity index is 1.24. The Kier molecular flexibility index (Phi) is 8.67. The van der Waals surface area contributed by atoms with Gasteiger partial charge in [0, 0.05) is 25.1 Å². The minimum Gasteiger partial charge on any atom is -0.365 e. The van der Waals surface area contributed by atoms with Gasteiger partial charge in [0.05, 0.1) is 6.10 Å². The van der Waals surface area contributed by atoms with E-state index in [0.29, 0.717) is 12.3 Å². The summed E-state index contributed by atoms with van der Waals surface area (Å²) in [6.07, 6.45) is 3.80. The van der Waals surface area contributed by atoms with Gasteiger partial charge in [-0.25, -0.2) is 0 Å². The van der Waals surface area contributed by atoms with Crippen LogP contribution >= 0.6 is 0 Å². The Bertz CT molecular complexity index is 967. The van der Waals surface area contributed by atoms with E-state index in [2.05, 4.69) is 91.5 Å². The Labute approximate surface area is 204 Å². The largest absolute Gasteiger partial charge is 0.365 e. The van der Waals surface area contributed by atoms with Crippen LogP contribution in [0.15, 0.2) is 84.9 Å². The van der Waals surface area contributed by atoms with Gasteiger partial charge < -0.3 is 9.64 Å². The second kappa shape index (κ2) is 12.1. The monoisotopic (exact) mass is 455 g/mol. The van der Waals surface area contributed by atoms with Gasteiger partial charge in [-0.3, -0.25) is 4.79 Å². The van der Waals surface area contributed by atoms with Crippen molar-refractivity contribution in [2.45, 2.75) is 57.7 Å². The maximum atomic E-state index is 12.6. The quantitative estimate of drug-likeness (QED) is 0.307. The van der Waals surface area contributed by atoms with E-state index >= 15 is 0 Å². The van der Waals surface area contributed by atoms with Crippen molar-refractivity contribution in [3.8, 4) is 0 Å². The molecule has 3 aromatic rings. The van der Waals surface area contributed by atoms with Crippen LogP contribution in [0.4, 0.5) is 0 Å². The number of likely N-dealkylation sites (tertiary alicyclic amines) is 1. The number of hydrogen-bond donors (Lipinski definition) is 0. The molecule has 1 aliphatic heterocycles. The Hall–Kier alpha value is -2.75. The molecule has 1 aliphatic rings. The van der Waals surface area contributed by atoms with E-state index < -0.39 is 0 Å². The number of benzene rings is 3. The highest BCUT2D eigenvalue weighted by molar-refractivity contribution is 5.96. The molecule has 0 bridgehead atoms. The number of ketones is 1. The van der Waals surface area contributed by atoms with Crippen LogP contribution in [0.25, 0.3) is 0 Å². The minimum atomic E-state index is -0.0290. The van der Waals surface area contributed by atoms with Gasteiger partial charge in [-0.05, 0) is 48.4 Å². The van der Waals surface area contributed by atoms with E-state index in [1.807, 2.05) is 12.1 Å². The van der Waals surface area contributed by atoms with E-state index in [1.165, 1.54) is 16.7 Å². The van der Waals surface area contributed by atoms with Crippen molar-refractivity contribution in [3.63, 3.8) is 0 Å². The van der Waals surface area contributed by atoms with Crippen molar-refractivity contribution in [2.24, 2.45) is 0 Å². The second-order valence-electron chi connectivity index (χ2n) is 9.68. The van der Waals surface area contributed by atoms with Crippen LogP contribution in [0.2, 0.25) is 0 Å². The molecule has 0 amide bonds. The van der Waals surface area contributed by atoms with Crippen molar-refractivity contribution >= 4 is 5.78 Å². The SMILES string of the molecule is CC(C)c1ccc(C(=O)CCCN2CCC(OC(c3ccccc3)c3ccccc3)CC2)cc1. The molecule has 3 nitrogen and oxygen atoms in total. The van der Waals surface area contributed by atoms with Crippen LogP contribution in [-0.4, -0.2) is 36.4 Å². The summed E-state index contributed by atoms with van der Waals surface area (Å²) in [6.45, 7) is 7.38. The highest BCUT2D eigenvalue weighted by Crippen LogP contribution is 2.30. The lowest BCUT2D eigenvalue weighted by atomic mass is 9.99. The number of rotatable bonds is 10. The molecule has 0 atom stereocenters. The number of piperidine rings is 1. The topological polar surface area (TPSA) is 29.5 Å². The van der Waals surface area contributed by atoms with Gasteiger partial charge in [0.15, 0.2) is 5.78 Å². The van der Waals surface area contributed by atoms with Crippen molar-refractivity contribution in [3.05, 3.63) is 107 Å². The average molecular weight is 456 g/mol. The molecule has 1 fully saturated rings. The zero-order valence-electron chi connectivity index (χ0n) is 20.5. The average Bonchev–Trinajstić information content (AvgIpc) is 2.89. The van der Waals surface area contributed by atoms with Gasteiger partial charge in [-0.1, -0.05) is 98.8 Å². The number of nitrogens with zero attached hydrogens (tertiary/aromatic N) is 1. The molecular formula is C31H37NO2. The summed E-state index contributed by atoms with van der Waals surface area (Å²) in [6, 6.07) is 29.2. The van der Waals surface area contributed by atoms with E-state index in [0.717, 1.165) is 44.5 Å². The normalized spacial score (nSPS) is 15.2. The molecule has 0 spiro atoms. The second-order valence-corrected chi connectivity index (χ2v) is 9.68. The number of ether oxygens (including phenoxy) is 1. The van der Waals surface area contributed by atoms with Gasteiger partial charge in [0.2, 0.25) is 0 Å². The van der Waals surface area contributed by atoms with Crippen molar-refractivity contribution in [2.75, 3.05) is 19.6 Å². The van der Waals surface area contributed by atoms with Gasteiger partial charge in [-0.15, -0.1) is 0 Å². The van der Waals surface area contributed by atoms with Crippen LogP contribution in [0, 0.1) is 0 Å². The molecule has 0 unspecified atom stereocenters. The lowest BCUT2D eigenvalue weighted by Crippen LogP contribution is -2.38. The number of carbonyl (C=O) groups is 1. The fraction of sp³-hybridized carbons (Fsp3) is 0.387. The fourth-order valence-electron chi connectivity index (χ4n) is 4.73. The Morgan fingerprint density at radius 1 is 0.824 bits per heavy atom. The first-order valence-electron chi connectivity index (χ1n) is 12.7. The zero-order valence-corrected chi connectivity index (χ0v) is 20.5. The van der Waals surface area contributed by atoms with E-state index in [4.69, 9.17) is 4.74 Å². The summed E-state index contributed by atoms with van der Waals surface area (Å²) in [7, 11) is 0. The predicted molar refractivity (Wildman–Crippen MR) is 139 cm³/mol. The summed E-state index contributed by atoms with van der Waals surface area (Å²) in [5.74, 6) is 0.744. The van der Waals surface area contributed by atoms with E-state index in [9.17, 15) is 4.79 Å². The third-order valence-electron chi connectivity index (χ3n) is 6.85. The smallest absolute Gasteiger partial charge is 0.162 e. The highest BCUT2D eigenvalue weighted by Gasteiger charge is 2.24. The molecule has 1 heterocycles. The summed E-state index contributed by atoms with van der Waals surface area (Å²) in [4.78, 5) is 15.1. The minimum absolute atomic E-state index is 0.0290. The molecule has 0 radical (unpaired) electrons. The van der Waals surface area contributed by atoms with Crippen LogP contribution in [0.3, 0.4) is 0 Å². The lowest BCUT2D eigenvalue weighted by Gasteiger charge is -2.34. The molecule has 178 valence electrons. The molecule has 3 aromatic carbocycles.